The molecule has 0 radical (unpaired) electrons. The summed E-state index contributed by atoms with van der Waals surface area (Å²) in [7, 11) is 0. The van der Waals surface area contributed by atoms with Gasteiger partial charge in [-0.3, -0.25) is 9.98 Å². The zero-order chi connectivity index (χ0) is 18.2. The largest absolute Gasteiger partial charge is 0.494 e. The Morgan fingerprint density at radius 2 is 1.77 bits per heavy atom. The van der Waals surface area contributed by atoms with Crippen molar-refractivity contribution in [1.82, 2.24) is 4.98 Å². The molecule has 0 bridgehead atoms. The van der Waals surface area contributed by atoms with Gasteiger partial charge < -0.3 is 9.47 Å². The van der Waals surface area contributed by atoms with E-state index in [4.69, 9.17) is 9.47 Å². The smallest absolute Gasteiger partial charge is 0.343 e. The molecule has 0 aliphatic carbocycles. The third-order valence-electron chi connectivity index (χ3n) is 3.50. The highest BCUT2D eigenvalue weighted by Crippen LogP contribution is 2.17. The molecule has 130 valence electrons. The molecule has 26 heavy (non-hydrogen) atoms. The van der Waals surface area contributed by atoms with Crippen molar-refractivity contribution in [3.8, 4) is 11.5 Å². The topological polar surface area (TPSA) is 60.8 Å². The fourth-order valence-electron chi connectivity index (χ4n) is 2.22. The van der Waals surface area contributed by atoms with Crippen molar-refractivity contribution < 1.29 is 14.3 Å². The number of ether oxygens (including phenoxy) is 2. The van der Waals surface area contributed by atoms with Gasteiger partial charge in [0.15, 0.2) is 0 Å². The molecule has 0 atom stereocenters. The Kier molecular flexibility index (Phi) is 5.72. The Morgan fingerprint density at radius 1 is 1.04 bits per heavy atom. The molecule has 0 N–H and O–H groups in total. The number of benzene rings is 2. The summed E-state index contributed by atoms with van der Waals surface area (Å²) in [4.78, 5) is 20.5. The van der Waals surface area contributed by atoms with Gasteiger partial charge in [-0.1, -0.05) is 0 Å². The summed E-state index contributed by atoms with van der Waals surface area (Å²) in [6, 6.07) is 17.7. The van der Waals surface area contributed by atoms with Crippen molar-refractivity contribution in [3.05, 3.63) is 84.2 Å². The first-order chi connectivity index (χ1) is 12.7. The molecule has 5 heteroatoms. The average Bonchev–Trinajstić information content (AvgIpc) is 2.69. The lowest BCUT2D eigenvalue weighted by Crippen LogP contribution is -2.08. The molecule has 0 amide bonds. The molecule has 0 saturated carbocycles. The Balaban J connectivity index is 1.61. The van der Waals surface area contributed by atoms with E-state index in [-0.39, 0.29) is 0 Å². The summed E-state index contributed by atoms with van der Waals surface area (Å²) in [6.07, 6.45) is 5.12. The first-order valence-corrected chi connectivity index (χ1v) is 8.24. The molecule has 0 aliphatic heterocycles. The summed E-state index contributed by atoms with van der Waals surface area (Å²) in [6.45, 7) is 2.49. The lowest BCUT2D eigenvalue weighted by Gasteiger charge is -2.06. The predicted octanol–water partition coefficient (Wildman–Crippen LogP) is 4.45. The molecular formula is C21H18N2O3. The van der Waals surface area contributed by atoms with Crippen LogP contribution < -0.4 is 9.47 Å². The van der Waals surface area contributed by atoms with E-state index in [2.05, 4.69) is 9.98 Å². The number of aliphatic imine (C=N–C) groups is 1. The number of nitrogens with zero attached hydrogens (tertiary/aromatic N) is 2. The number of hydrogen-bond acceptors (Lipinski definition) is 5. The van der Waals surface area contributed by atoms with Gasteiger partial charge in [0, 0.05) is 12.4 Å². The minimum atomic E-state index is -0.412. The quantitative estimate of drug-likeness (QED) is 0.376. The molecule has 5 nitrogen and oxygen atoms in total. The van der Waals surface area contributed by atoms with Gasteiger partial charge in [0.2, 0.25) is 0 Å². The lowest BCUT2D eigenvalue weighted by molar-refractivity contribution is 0.0734. The van der Waals surface area contributed by atoms with E-state index in [0.717, 1.165) is 17.0 Å². The van der Waals surface area contributed by atoms with Gasteiger partial charge in [0.25, 0.3) is 0 Å². The SMILES string of the molecule is CCOc1ccc(C(=O)Oc2ccc(C=Nc3cccnc3)cc2)cc1. The Morgan fingerprint density at radius 3 is 2.42 bits per heavy atom. The molecule has 0 fully saturated rings. The summed E-state index contributed by atoms with van der Waals surface area (Å²) >= 11 is 0. The molecular weight excluding hydrogens is 328 g/mol. The maximum Gasteiger partial charge on any atom is 0.343 e. The zero-order valence-electron chi connectivity index (χ0n) is 14.3. The predicted molar refractivity (Wildman–Crippen MR) is 101 cm³/mol. The lowest BCUT2D eigenvalue weighted by atomic mass is 10.2. The molecule has 1 aromatic heterocycles. The van der Waals surface area contributed by atoms with Crippen LogP contribution in [-0.4, -0.2) is 23.8 Å². The minimum absolute atomic E-state index is 0.412. The van der Waals surface area contributed by atoms with Crippen LogP contribution in [0.1, 0.15) is 22.8 Å². The van der Waals surface area contributed by atoms with Gasteiger partial charge >= 0.3 is 5.97 Å². The van der Waals surface area contributed by atoms with E-state index in [1.54, 1.807) is 55.0 Å². The van der Waals surface area contributed by atoms with E-state index in [0.29, 0.717) is 17.9 Å². The normalized spacial score (nSPS) is 10.7. The first-order valence-electron chi connectivity index (χ1n) is 8.24. The van der Waals surface area contributed by atoms with Crippen LogP contribution in [0.3, 0.4) is 0 Å². The fraction of sp³-hybridized carbons (Fsp3) is 0.0952. The zero-order valence-corrected chi connectivity index (χ0v) is 14.3. The molecule has 1 heterocycles. The van der Waals surface area contributed by atoms with Crippen LogP contribution in [0.25, 0.3) is 0 Å². The summed E-state index contributed by atoms with van der Waals surface area (Å²) < 4.78 is 10.7. The number of pyridine rings is 1. The molecule has 0 spiro atoms. The minimum Gasteiger partial charge on any atom is -0.494 e. The molecule has 0 unspecified atom stereocenters. The Bertz CT molecular complexity index is 873. The van der Waals surface area contributed by atoms with Gasteiger partial charge in [0.1, 0.15) is 11.5 Å². The van der Waals surface area contributed by atoms with E-state index in [9.17, 15) is 4.79 Å². The van der Waals surface area contributed by atoms with Crippen LogP contribution in [-0.2, 0) is 0 Å². The van der Waals surface area contributed by atoms with E-state index in [1.165, 1.54) is 0 Å². The average molecular weight is 346 g/mol. The number of carbonyl (C=O) groups is 1. The van der Waals surface area contributed by atoms with Gasteiger partial charge in [0.05, 0.1) is 24.1 Å². The highest BCUT2D eigenvalue weighted by atomic mass is 16.5. The number of esters is 1. The van der Waals surface area contributed by atoms with E-state index >= 15 is 0 Å². The van der Waals surface area contributed by atoms with E-state index in [1.807, 2.05) is 31.2 Å². The number of rotatable bonds is 6. The molecule has 2 aromatic carbocycles. The molecule has 0 saturated heterocycles. The monoisotopic (exact) mass is 346 g/mol. The summed E-state index contributed by atoms with van der Waals surface area (Å²) in [5, 5.41) is 0. The molecule has 3 rings (SSSR count). The van der Waals surface area contributed by atoms with Crippen molar-refractivity contribution in [3.63, 3.8) is 0 Å². The second-order valence-electron chi connectivity index (χ2n) is 5.39. The first kappa shape index (κ1) is 17.4. The van der Waals surface area contributed by atoms with Crippen molar-refractivity contribution in [2.45, 2.75) is 6.92 Å². The van der Waals surface area contributed by atoms with Crippen LogP contribution in [0.15, 0.2) is 78.0 Å². The van der Waals surface area contributed by atoms with Gasteiger partial charge in [-0.15, -0.1) is 0 Å². The highest BCUT2D eigenvalue weighted by Gasteiger charge is 2.08. The van der Waals surface area contributed by atoms with Crippen molar-refractivity contribution in [2.24, 2.45) is 4.99 Å². The van der Waals surface area contributed by atoms with Gasteiger partial charge in [-0.25, -0.2) is 4.79 Å². The van der Waals surface area contributed by atoms with Crippen molar-refractivity contribution in [2.75, 3.05) is 6.61 Å². The fourth-order valence-corrected chi connectivity index (χ4v) is 2.22. The Labute approximate surface area is 152 Å². The van der Waals surface area contributed by atoms with E-state index < -0.39 is 5.97 Å². The number of hydrogen-bond donors (Lipinski definition) is 0. The third kappa shape index (κ3) is 4.77. The summed E-state index contributed by atoms with van der Waals surface area (Å²) in [5.41, 5.74) is 2.14. The van der Waals surface area contributed by atoms with Gasteiger partial charge in [-0.2, -0.15) is 0 Å². The van der Waals surface area contributed by atoms with Crippen LogP contribution in [0.5, 0.6) is 11.5 Å². The summed E-state index contributed by atoms with van der Waals surface area (Å²) in [5.74, 6) is 0.786. The third-order valence-corrected chi connectivity index (χ3v) is 3.50. The molecule has 3 aromatic rings. The highest BCUT2D eigenvalue weighted by molar-refractivity contribution is 5.91. The standard InChI is InChI=1S/C21H18N2O3/c1-2-25-19-11-7-17(8-12-19)21(24)26-20-9-5-16(6-10-20)14-23-18-4-3-13-22-15-18/h3-15H,2H2,1H3. The van der Waals surface area contributed by atoms with Crippen LogP contribution in [0.4, 0.5) is 5.69 Å². The second kappa shape index (κ2) is 8.58. The Hall–Kier alpha value is -3.47. The maximum absolute atomic E-state index is 12.2. The van der Waals surface area contributed by atoms with Crippen LogP contribution >= 0.6 is 0 Å². The maximum atomic E-state index is 12.2. The number of carbonyl (C=O) groups excluding carboxylic acids is 1. The second-order valence-corrected chi connectivity index (χ2v) is 5.39. The number of aromatic nitrogens is 1. The van der Waals surface area contributed by atoms with Crippen LogP contribution in [0, 0.1) is 0 Å². The van der Waals surface area contributed by atoms with Crippen molar-refractivity contribution in [1.29, 1.82) is 0 Å². The molecule has 0 aliphatic rings. The van der Waals surface area contributed by atoms with Gasteiger partial charge in [-0.05, 0) is 73.2 Å². The van der Waals surface area contributed by atoms with Crippen LogP contribution in [0.2, 0.25) is 0 Å². The van der Waals surface area contributed by atoms with Crippen molar-refractivity contribution >= 4 is 17.9 Å².